The molecule has 2 N–H and O–H groups in total. The molecule has 0 aliphatic carbocycles. The molecule has 120 valence electrons. The highest BCUT2D eigenvalue weighted by atomic mass is 16.5. The zero-order chi connectivity index (χ0) is 15.9. The molecule has 0 radical (unpaired) electrons. The van der Waals surface area contributed by atoms with Gasteiger partial charge < -0.3 is 15.2 Å². The van der Waals surface area contributed by atoms with E-state index in [-0.39, 0.29) is 11.6 Å². The third kappa shape index (κ3) is 8.20. The molecule has 0 saturated heterocycles. The first kappa shape index (κ1) is 18.1. The summed E-state index contributed by atoms with van der Waals surface area (Å²) in [4.78, 5) is 0. The van der Waals surface area contributed by atoms with E-state index in [1.54, 1.807) is 0 Å². The highest BCUT2D eigenvalue weighted by Crippen LogP contribution is 2.14. The molecule has 1 aromatic carbocycles. The van der Waals surface area contributed by atoms with Crippen molar-refractivity contribution in [1.29, 1.82) is 0 Å². The first-order valence-electron chi connectivity index (χ1n) is 7.84. The van der Waals surface area contributed by atoms with Crippen molar-refractivity contribution in [2.45, 2.75) is 52.7 Å². The van der Waals surface area contributed by atoms with Crippen molar-refractivity contribution in [2.75, 3.05) is 19.8 Å². The monoisotopic (exact) mass is 293 g/mol. The fourth-order valence-corrected chi connectivity index (χ4v) is 2.09. The van der Waals surface area contributed by atoms with Gasteiger partial charge in [0.1, 0.15) is 0 Å². The highest BCUT2D eigenvalue weighted by molar-refractivity contribution is 5.25. The molecule has 0 heterocycles. The summed E-state index contributed by atoms with van der Waals surface area (Å²) in [5.41, 5.74) is 8.52. The van der Waals surface area contributed by atoms with Gasteiger partial charge in [-0.05, 0) is 44.2 Å². The second kappa shape index (κ2) is 8.52. The molecule has 1 atom stereocenters. The van der Waals surface area contributed by atoms with Crippen LogP contribution in [0.4, 0.5) is 0 Å². The molecule has 1 aromatic rings. The van der Waals surface area contributed by atoms with Crippen molar-refractivity contribution >= 4 is 0 Å². The van der Waals surface area contributed by atoms with E-state index in [4.69, 9.17) is 15.2 Å². The summed E-state index contributed by atoms with van der Waals surface area (Å²) in [5.74, 6) is 0.677. The molecule has 0 bridgehead atoms. The van der Waals surface area contributed by atoms with E-state index in [0.717, 1.165) is 12.0 Å². The summed E-state index contributed by atoms with van der Waals surface area (Å²) in [7, 11) is 0. The number of benzene rings is 1. The lowest BCUT2D eigenvalue weighted by molar-refractivity contribution is -0.0363. The van der Waals surface area contributed by atoms with Gasteiger partial charge in [-0.1, -0.05) is 38.1 Å². The Morgan fingerprint density at radius 2 is 1.67 bits per heavy atom. The summed E-state index contributed by atoms with van der Waals surface area (Å²) in [6, 6.07) is 8.47. The van der Waals surface area contributed by atoms with Gasteiger partial charge in [0.25, 0.3) is 0 Å². The van der Waals surface area contributed by atoms with Crippen LogP contribution in [0.5, 0.6) is 0 Å². The maximum Gasteiger partial charge on any atom is 0.0707 e. The van der Waals surface area contributed by atoms with Gasteiger partial charge >= 0.3 is 0 Å². The van der Waals surface area contributed by atoms with Gasteiger partial charge in [-0.25, -0.2) is 0 Å². The smallest absolute Gasteiger partial charge is 0.0707 e. The minimum atomic E-state index is -0.113. The van der Waals surface area contributed by atoms with Crippen LogP contribution in [0.1, 0.15) is 51.8 Å². The molecule has 0 spiro atoms. The Labute approximate surface area is 129 Å². The van der Waals surface area contributed by atoms with Crippen molar-refractivity contribution in [3.05, 3.63) is 35.4 Å². The summed E-state index contributed by atoms with van der Waals surface area (Å²) in [6.07, 6.45) is 1.11. The van der Waals surface area contributed by atoms with Crippen LogP contribution in [-0.4, -0.2) is 25.4 Å². The second-order valence-electron chi connectivity index (χ2n) is 6.98. The lowest BCUT2D eigenvalue weighted by Crippen LogP contribution is -2.23. The number of hydrogen-bond donors (Lipinski definition) is 1. The van der Waals surface area contributed by atoms with Crippen molar-refractivity contribution in [3.8, 4) is 0 Å². The zero-order valence-electron chi connectivity index (χ0n) is 14.2. The molecule has 0 aliphatic heterocycles. The van der Waals surface area contributed by atoms with Crippen LogP contribution in [0.3, 0.4) is 0 Å². The largest absolute Gasteiger partial charge is 0.377 e. The van der Waals surface area contributed by atoms with E-state index < -0.39 is 0 Å². The van der Waals surface area contributed by atoms with Gasteiger partial charge in [0.05, 0.1) is 31.5 Å². The quantitative estimate of drug-likeness (QED) is 0.743. The lowest BCUT2D eigenvalue weighted by atomic mass is 10.00. The Morgan fingerprint density at radius 1 is 1.05 bits per heavy atom. The van der Waals surface area contributed by atoms with Gasteiger partial charge in [-0.3, -0.25) is 0 Å². The average Bonchev–Trinajstić information content (AvgIpc) is 2.37. The Balaban J connectivity index is 2.30. The van der Waals surface area contributed by atoms with E-state index in [9.17, 15) is 0 Å². The molecule has 0 amide bonds. The van der Waals surface area contributed by atoms with E-state index in [1.165, 1.54) is 5.56 Å². The summed E-state index contributed by atoms with van der Waals surface area (Å²) < 4.78 is 11.2. The topological polar surface area (TPSA) is 44.5 Å². The summed E-state index contributed by atoms with van der Waals surface area (Å²) in [5, 5.41) is 0. The molecule has 0 saturated carbocycles. The SMILES string of the molecule is CC(C)Cc1ccc(C(N)COCCOC(C)(C)C)cc1. The van der Waals surface area contributed by atoms with Crippen molar-refractivity contribution in [3.63, 3.8) is 0 Å². The molecule has 3 heteroatoms. The standard InChI is InChI=1S/C18H31NO2/c1-14(2)12-15-6-8-16(9-7-15)17(19)13-20-10-11-21-18(3,4)5/h6-9,14,17H,10-13,19H2,1-5H3. The van der Waals surface area contributed by atoms with Gasteiger partial charge in [-0.15, -0.1) is 0 Å². The van der Waals surface area contributed by atoms with E-state index >= 15 is 0 Å². The van der Waals surface area contributed by atoms with Crippen LogP contribution in [0, 0.1) is 5.92 Å². The van der Waals surface area contributed by atoms with E-state index in [1.807, 2.05) is 20.8 Å². The van der Waals surface area contributed by atoms with Crippen LogP contribution >= 0.6 is 0 Å². The van der Waals surface area contributed by atoms with E-state index in [2.05, 4.69) is 38.1 Å². The predicted octanol–water partition coefficient (Wildman–Crippen LogP) is 3.72. The van der Waals surface area contributed by atoms with Crippen molar-refractivity contribution < 1.29 is 9.47 Å². The molecule has 3 nitrogen and oxygen atoms in total. The fourth-order valence-electron chi connectivity index (χ4n) is 2.09. The third-order valence-electron chi connectivity index (χ3n) is 3.11. The fraction of sp³-hybridized carbons (Fsp3) is 0.667. The number of rotatable bonds is 8. The van der Waals surface area contributed by atoms with Crippen LogP contribution in [0.2, 0.25) is 0 Å². The Hall–Kier alpha value is -0.900. The molecule has 0 fully saturated rings. The van der Waals surface area contributed by atoms with Crippen LogP contribution in [-0.2, 0) is 15.9 Å². The molecule has 0 aromatic heterocycles. The summed E-state index contributed by atoms with van der Waals surface area (Å²) in [6.45, 7) is 12.3. The molecule has 0 aliphatic rings. The van der Waals surface area contributed by atoms with Crippen LogP contribution in [0.15, 0.2) is 24.3 Å². The first-order chi connectivity index (χ1) is 9.78. The molecule has 1 rings (SSSR count). The third-order valence-corrected chi connectivity index (χ3v) is 3.11. The first-order valence-corrected chi connectivity index (χ1v) is 7.84. The number of ether oxygens (including phenoxy) is 2. The Bertz CT molecular complexity index is 393. The lowest BCUT2D eigenvalue weighted by Gasteiger charge is -2.20. The van der Waals surface area contributed by atoms with Gasteiger partial charge in [0.2, 0.25) is 0 Å². The van der Waals surface area contributed by atoms with E-state index in [0.29, 0.717) is 25.7 Å². The van der Waals surface area contributed by atoms with Crippen LogP contribution in [0.25, 0.3) is 0 Å². The molecular formula is C18H31NO2. The predicted molar refractivity (Wildman–Crippen MR) is 88.4 cm³/mol. The summed E-state index contributed by atoms with van der Waals surface area (Å²) >= 11 is 0. The molecular weight excluding hydrogens is 262 g/mol. The average molecular weight is 293 g/mol. The maximum absolute atomic E-state index is 6.15. The van der Waals surface area contributed by atoms with Gasteiger partial charge in [0.15, 0.2) is 0 Å². The normalized spacial score (nSPS) is 13.7. The highest BCUT2D eigenvalue weighted by Gasteiger charge is 2.10. The number of nitrogens with two attached hydrogens (primary N) is 1. The Kier molecular flexibility index (Phi) is 7.36. The Morgan fingerprint density at radius 3 is 2.19 bits per heavy atom. The van der Waals surface area contributed by atoms with Crippen LogP contribution < -0.4 is 5.73 Å². The van der Waals surface area contributed by atoms with Gasteiger partial charge in [0, 0.05) is 0 Å². The zero-order valence-corrected chi connectivity index (χ0v) is 14.2. The van der Waals surface area contributed by atoms with Gasteiger partial charge in [-0.2, -0.15) is 0 Å². The molecule has 21 heavy (non-hydrogen) atoms. The minimum Gasteiger partial charge on any atom is -0.377 e. The molecule has 1 unspecified atom stereocenters. The second-order valence-corrected chi connectivity index (χ2v) is 6.98. The maximum atomic E-state index is 6.15. The van der Waals surface area contributed by atoms with Crippen molar-refractivity contribution in [2.24, 2.45) is 11.7 Å². The van der Waals surface area contributed by atoms with Crippen molar-refractivity contribution in [1.82, 2.24) is 0 Å². The number of hydrogen-bond acceptors (Lipinski definition) is 3. The minimum absolute atomic E-state index is 0.0762.